The molecule has 6 heteroatoms. The Morgan fingerprint density at radius 2 is 1.72 bits per heavy atom. The molecule has 0 aliphatic heterocycles. The molecular formula is C30H38FN3O2. The Kier molecular flexibility index (Phi) is 9.15. The van der Waals surface area contributed by atoms with Crippen molar-refractivity contribution in [1.82, 2.24) is 14.8 Å². The summed E-state index contributed by atoms with van der Waals surface area (Å²) in [5.74, 6) is -0.172. The molecule has 3 aromatic rings. The van der Waals surface area contributed by atoms with E-state index in [1.165, 1.54) is 18.6 Å². The summed E-state index contributed by atoms with van der Waals surface area (Å²) in [6.45, 7) is 3.74. The molecule has 0 atom stereocenters. The summed E-state index contributed by atoms with van der Waals surface area (Å²) < 4.78 is 13.5. The highest BCUT2D eigenvalue weighted by Crippen LogP contribution is 2.26. The van der Waals surface area contributed by atoms with Crippen LogP contribution in [-0.4, -0.2) is 46.2 Å². The van der Waals surface area contributed by atoms with E-state index in [0.717, 1.165) is 60.6 Å². The van der Waals surface area contributed by atoms with E-state index < -0.39 is 0 Å². The van der Waals surface area contributed by atoms with Crippen LogP contribution in [0.15, 0.2) is 54.7 Å². The van der Waals surface area contributed by atoms with Crippen molar-refractivity contribution < 1.29 is 14.0 Å². The van der Waals surface area contributed by atoms with Crippen molar-refractivity contribution in [3.05, 3.63) is 71.7 Å². The maximum absolute atomic E-state index is 13.6. The first-order valence-corrected chi connectivity index (χ1v) is 13.4. The van der Waals surface area contributed by atoms with Crippen molar-refractivity contribution in [2.24, 2.45) is 5.92 Å². The average Bonchev–Trinajstić information content (AvgIpc) is 3.33. The molecule has 192 valence electrons. The number of benzene rings is 2. The largest absolute Gasteiger partial charge is 0.361 e. The number of carbonyl (C=O) groups is 2. The van der Waals surface area contributed by atoms with Gasteiger partial charge >= 0.3 is 0 Å². The molecule has 1 heterocycles. The molecular weight excluding hydrogens is 453 g/mol. The first-order valence-electron chi connectivity index (χ1n) is 13.4. The second-order valence-corrected chi connectivity index (χ2v) is 10.00. The number of aromatic nitrogens is 1. The molecule has 1 fully saturated rings. The van der Waals surface area contributed by atoms with E-state index in [-0.39, 0.29) is 30.1 Å². The Morgan fingerprint density at radius 3 is 2.47 bits per heavy atom. The third-order valence-corrected chi connectivity index (χ3v) is 7.34. The highest BCUT2D eigenvalue weighted by atomic mass is 19.1. The molecule has 36 heavy (non-hydrogen) atoms. The zero-order valence-electron chi connectivity index (χ0n) is 21.3. The summed E-state index contributed by atoms with van der Waals surface area (Å²) >= 11 is 0. The predicted octanol–water partition coefficient (Wildman–Crippen LogP) is 6.09. The molecule has 0 unspecified atom stereocenters. The van der Waals surface area contributed by atoms with Gasteiger partial charge in [-0.15, -0.1) is 0 Å². The Bertz CT molecular complexity index is 1130. The van der Waals surface area contributed by atoms with E-state index in [9.17, 15) is 14.0 Å². The number of aromatic amines is 1. The van der Waals surface area contributed by atoms with Crippen molar-refractivity contribution in [2.75, 3.05) is 19.6 Å². The Morgan fingerprint density at radius 1 is 0.972 bits per heavy atom. The van der Waals surface area contributed by atoms with E-state index in [1.54, 1.807) is 17.0 Å². The third kappa shape index (κ3) is 6.74. The van der Waals surface area contributed by atoms with E-state index in [2.05, 4.69) is 18.0 Å². The summed E-state index contributed by atoms with van der Waals surface area (Å²) in [5.41, 5.74) is 3.11. The molecule has 2 aromatic carbocycles. The van der Waals surface area contributed by atoms with Gasteiger partial charge in [0.25, 0.3) is 0 Å². The monoisotopic (exact) mass is 491 g/mol. The first-order chi connectivity index (χ1) is 17.5. The van der Waals surface area contributed by atoms with Crippen LogP contribution in [-0.2, 0) is 22.6 Å². The molecule has 1 saturated carbocycles. The third-order valence-electron chi connectivity index (χ3n) is 7.34. The number of nitrogens with one attached hydrogen (secondary N) is 1. The zero-order chi connectivity index (χ0) is 25.3. The van der Waals surface area contributed by atoms with Crippen LogP contribution in [0.5, 0.6) is 0 Å². The number of nitrogens with zero attached hydrogens (tertiary/aromatic N) is 2. The van der Waals surface area contributed by atoms with Gasteiger partial charge in [0.15, 0.2) is 0 Å². The van der Waals surface area contributed by atoms with Gasteiger partial charge in [0.05, 0.1) is 6.54 Å². The van der Waals surface area contributed by atoms with Crippen molar-refractivity contribution in [3.8, 4) is 0 Å². The van der Waals surface area contributed by atoms with Gasteiger partial charge < -0.3 is 14.8 Å². The number of H-pyrrole nitrogens is 1. The van der Waals surface area contributed by atoms with Crippen molar-refractivity contribution >= 4 is 22.7 Å². The number of amides is 2. The second-order valence-electron chi connectivity index (χ2n) is 10.00. The number of hydrogen-bond acceptors (Lipinski definition) is 2. The van der Waals surface area contributed by atoms with Gasteiger partial charge in [0.2, 0.25) is 11.8 Å². The normalized spacial score (nSPS) is 14.2. The van der Waals surface area contributed by atoms with Gasteiger partial charge in [-0.3, -0.25) is 9.59 Å². The lowest BCUT2D eigenvalue weighted by molar-refractivity contribution is -0.144. The van der Waals surface area contributed by atoms with Crippen molar-refractivity contribution in [1.29, 1.82) is 0 Å². The zero-order valence-corrected chi connectivity index (χ0v) is 21.3. The fourth-order valence-electron chi connectivity index (χ4n) is 5.18. The summed E-state index contributed by atoms with van der Waals surface area (Å²) in [6, 6.07) is 14.5. The number of fused-ring (bicyclic) bond motifs is 1. The van der Waals surface area contributed by atoms with E-state index in [1.807, 2.05) is 29.3 Å². The van der Waals surface area contributed by atoms with Gasteiger partial charge in [-0.2, -0.15) is 0 Å². The van der Waals surface area contributed by atoms with E-state index >= 15 is 0 Å². The summed E-state index contributed by atoms with van der Waals surface area (Å²) in [4.78, 5) is 33.9. The second kappa shape index (κ2) is 12.7. The number of halogens is 1. The highest BCUT2D eigenvalue weighted by molar-refractivity contribution is 5.86. The van der Waals surface area contributed by atoms with Gasteiger partial charge in [0, 0.05) is 42.7 Å². The molecule has 0 bridgehead atoms. The molecule has 5 nitrogen and oxygen atoms in total. The standard InChI is InChI=1S/C30H38FN3O2/c1-2-3-18-34(30(36)24-9-5-4-6-10-24)22-29(35)33(21-23-13-15-26(31)16-14-23)19-17-25-20-32-28-12-8-7-11-27(25)28/h7-8,11-16,20,24,32H,2-6,9-10,17-19,21-22H2,1H3. The lowest BCUT2D eigenvalue weighted by Crippen LogP contribution is -2.46. The Hall–Kier alpha value is -3.15. The van der Waals surface area contributed by atoms with Crippen LogP contribution >= 0.6 is 0 Å². The van der Waals surface area contributed by atoms with Crippen LogP contribution in [0.3, 0.4) is 0 Å². The molecule has 2 amide bonds. The van der Waals surface area contributed by atoms with Crippen LogP contribution in [0.2, 0.25) is 0 Å². The van der Waals surface area contributed by atoms with Crippen LogP contribution < -0.4 is 0 Å². The maximum atomic E-state index is 13.6. The minimum atomic E-state index is -0.292. The highest BCUT2D eigenvalue weighted by Gasteiger charge is 2.28. The molecule has 1 aliphatic rings. The summed E-state index contributed by atoms with van der Waals surface area (Å²) in [6.07, 6.45) is 9.79. The predicted molar refractivity (Wildman–Crippen MR) is 142 cm³/mol. The molecule has 1 aromatic heterocycles. The number of hydrogen-bond donors (Lipinski definition) is 1. The van der Waals surface area contributed by atoms with Crippen LogP contribution in [0.4, 0.5) is 4.39 Å². The van der Waals surface area contributed by atoms with Crippen LogP contribution in [0.25, 0.3) is 10.9 Å². The quantitative estimate of drug-likeness (QED) is 0.353. The van der Waals surface area contributed by atoms with Crippen molar-refractivity contribution in [2.45, 2.75) is 64.8 Å². The fraction of sp³-hybridized carbons (Fsp3) is 0.467. The SMILES string of the molecule is CCCCN(CC(=O)N(CCc1c[nH]c2ccccc12)Cc1ccc(F)cc1)C(=O)C1CCCCC1. The van der Waals surface area contributed by atoms with Gasteiger partial charge in [-0.1, -0.05) is 62.9 Å². The van der Waals surface area contributed by atoms with E-state index in [4.69, 9.17) is 0 Å². The average molecular weight is 492 g/mol. The van der Waals surface area contributed by atoms with Crippen LogP contribution in [0, 0.1) is 11.7 Å². The topological polar surface area (TPSA) is 56.4 Å². The molecule has 0 spiro atoms. The lowest BCUT2D eigenvalue weighted by atomic mass is 9.88. The lowest BCUT2D eigenvalue weighted by Gasteiger charge is -2.31. The van der Waals surface area contributed by atoms with Gasteiger partial charge in [0.1, 0.15) is 5.82 Å². The molecule has 0 radical (unpaired) electrons. The fourth-order valence-corrected chi connectivity index (χ4v) is 5.18. The maximum Gasteiger partial charge on any atom is 0.242 e. The summed E-state index contributed by atoms with van der Waals surface area (Å²) in [7, 11) is 0. The molecule has 1 aliphatic carbocycles. The molecule has 4 rings (SSSR count). The first kappa shape index (κ1) is 25.9. The minimum absolute atomic E-state index is 0.0418. The number of rotatable bonds is 11. The van der Waals surface area contributed by atoms with Crippen molar-refractivity contribution in [3.63, 3.8) is 0 Å². The molecule has 0 saturated heterocycles. The summed E-state index contributed by atoms with van der Waals surface area (Å²) in [5, 5.41) is 1.16. The van der Waals surface area contributed by atoms with Gasteiger partial charge in [-0.05, 0) is 55.0 Å². The Labute approximate surface area is 213 Å². The smallest absolute Gasteiger partial charge is 0.242 e. The number of unbranched alkanes of at least 4 members (excludes halogenated alkanes) is 1. The van der Waals surface area contributed by atoms with Gasteiger partial charge in [-0.25, -0.2) is 4.39 Å². The minimum Gasteiger partial charge on any atom is -0.361 e. The Balaban J connectivity index is 1.50. The molecule has 1 N–H and O–H groups in total. The van der Waals surface area contributed by atoms with E-state index in [0.29, 0.717) is 26.1 Å². The van der Waals surface area contributed by atoms with Crippen LogP contribution in [0.1, 0.15) is 63.0 Å². The number of para-hydroxylation sites is 1. The number of carbonyl (C=O) groups excluding carboxylic acids is 2.